The lowest BCUT2D eigenvalue weighted by Gasteiger charge is -2.26. The minimum absolute atomic E-state index is 0.181. The number of para-hydroxylation sites is 1. The number of amides is 2. The highest BCUT2D eigenvalue weighted by Crippen LogP contribution is 2.23. The van der Waals surface area contributed by atoms with E-state index in [0.29, 0.717) is 5.96 Å². The van der Waals surface area contributed by atoms with E-state index in [9.17, 15) is 4.79 Å². The molecule has 21 heavy (non-hydrogen) atoms. The lowest BCUT2D eigenvalue weighted by Crippen LogP contribution is -2.48. The summed E-state index contributed by atoms with van der Waals surface area (Å²) >= 11 is 0. The van der Waals surface area contributed by atoms with Crippen LogP contribution in [-0.2, 0) is 0 Å². The van der Waals surface area contributed by atoms with Gasteiger partial charge in [-0.25, -0.2) is 4.79 Å². The van der Waals surface area contributed by atoms with Crippen molar-refractivity contribution in [2.24, 2.45) is 4.99 Å². The van der Waals surface area contributed by atoms with Gasteiger partial charge in [0.25, 0.3) is 0 Å². The van der Waals surface area contributed by atoms with Gasteiger partial charge in [0, 0.05) is 27.2 Å². The molecule has 0 saturated heterocycles. The standard InChI is InChI=1S/C16H26N4O/c1-7-20(8-2)15(17-5)18-16(21)19(6)14-12(3)10-9-11-13(14)4/h9-11H,7-8H2,1-6H3,(H,17,18,21). The predicted molar refractivity (Wildman–Crippen MR) is 89.1 cm³/mol. The normalized spacial score (nSPS) is 11.2. The number of nitrogens with zero attached hydrogens (tertiary/aromatic N) is 3. The molecule has 0 aliphatic rings. The van der Waals surface area contributed by atoms with Crippen LogP contribution in [0, 0.1) is 13.8 Å². The average Bonchev–Trinajstić information content (AvgIpc) is 2.46. The molecule has 1 aromatic carbocycles. The number of carbonyl (C=O) groups is 1. The van der Waals surface area contributed by atoms with E-state index in [4.69, 9.17) is 0 Å². The molecule has 0 unspecified atom stereocenters. The number of guanidine groups is 1. The maximum Gasteiger partial charge on any atom is 0.328 e. The van der Waals surface area contributed by atoms with Crippen LogP contribution in [0.5, 0.6) is 0 Å². The summed E-state index contributed by atoms with van der Waals surface area (Å²) in [6.45, 7) is 9.69. The average molecular weight is 290 g/mol. The van der Waals surface area contributed by atoms with Crippen molar-refractivity contribution in [3.05, 3.63) is 29.3 Å². The number of benzene rings is 1. The van der Waals surface area contributed by atoms with Crippen LogP contribution in [0.25, 0.3) is 0 Å². The topological polar surface area (TPSA) is 47.9 Å². The lowest BCUT2D eigenvalue weighted by molar-refractivity contribution is 0.250. The fourth-order valence-electron chi connectivity index (χ4n) is 2.42. The van der Waals surface area contributed by atoms with Gasteiger partial charge in [0.05, 0.1) is 5.69 Å². The third kappa shape index (κ3) is 3.97. The summed E-state index contributed by atoms with van der Waals surface area (Å²) in [7, 11) is 3.47. The number of aryl methyl sites for hydroxylation is 2. The molecule has 0 aliphatic heterocycles. The first-order chi connectivity index (χ1) is 9.96. The first-order valence-corrected chi connectivity index (χ1v) is 7.28. The van der Waals surface area contributed by atoms with Gasteiger partial charge in [-0.15, -0.1) is 0 Å². The zero-order chi connectivity index (χ0) is 16.0. The zero-order valence-electron chi connectivity index (χ0n) is 13.9. The second-order valence-corrected chi connectivity index (χ2v) is 4.95. The second-order valence-electron chi connectivity index (χ2n) is 4.95. The monoisotopic (exact) mass is 290 g/mol. The van der Waals surface area contributed by atoms with E-state index in [-0.39, 0.29) is 6.03 Å². The van der Waals surface area contributed by atoms with Gasteiger partial charge in [-0.05, 0) is 38.8 Å². The molecule has 116 valence electrons. The summed E-state index contributed by atoms with van der Waals surface area (Å²) < 4.78 is 0. The quantitative estimate of drug-likeness (QED) is 0.687. The smallest absolute Gasteiger partial charge is 0.328 e. The van der Waals surface area contributed by atoms with Crippen molar-refractivity contribution < 1.29 is 4.79 Å². The number of nitrogens with one attached hydrogen (secondary N) is 1. The fourth-order valence-corrected chi connectivity index (χ4v) is 2.42. The van der Waals surface area contributed by atoms with E-state index in [1.165, 1.54) is 0 Å². The maximum atomic E-state index is 12.5. The Morgan fingerprint density at radius 3 is 2.14 bits per heavy atom. The van der Waals surface area contributed by atoms with Crippen molar-refractivity contribution in [1.29, 1.82) is 0 Å². The number of carbonyl (C=O) groups excluding carboxylic acids is 1. The molecule has 0 heterocycles. The van der Waals surface area contributed by atoms with Crippen molar-refractivity contribution in [3.63, 3.8) is 0 Å². The van der Waals surface area contributed by atoms with Gasteiger partial charge >= 0.3 is 6.03 Å². The van der Waals surface area contributed by atoms with Crippen molar-refractivity contribution in [3.8, 4) is 0 Å². The van der Waals surface area contributed by atoms with Crippen molar-refractivity contribution >= 4 is 17.7 Å². The molecule has 0 atom stereocenters. The van der Waals surface area contributed by atoms with Gasteiger partial charge in [0.1, 0.15) is 0 Å². The lowest BCUT2D eigenvalue weighted by atomic mass is 10.1. The van der Waals surface area contributed by atoms with Crippen molar-refractivity contribution in [2.45, 2.75) is 27.7 Å². The van der Waals surface area contributed by atoms with Crippen LogP contribution in [0.2, 0.25) is 0 Å². The first kappa shape index (κ1) is 17.0. The van der Waals surface area contributed by atoms with E-state index in [0.717, 1.165) is 29.9 Å². The first-order valence-electron chi connectivity index (χ1n) is 7.28. The molecule has 0 aliphatic carbocycles. The number of hydrogen-bond donors (Lipinski definition) is 1. The Kier molecular flexibility index (Phi) is 6.21. The molecular weight excluding hydrogens is 264 g/mol. The van der Waals surface area contributed by atoms with Gasteiger partial charge in [0.15, 0.2) is 0 Å². The van der Waals surface area contributed by atoms with E-state index in [2.05, 4.69) is 10.3 Å². The molecule has 0 radical (unpaired) electrons. The second kappa shape index (κ2) is 7.67. The molecule has 2 amide bonds. The van der Waals surface area contributed by atoms with Crippen molar-refractivity contribution in [2.75, 3.05) is 32.1 Å². The summed E-state index contributed by atoms with van der Waals surface area (Å²) in [6, 6.07) is 5.82. The predicted octanol–water partition coefficient (Wildman–Crippen LogP) is 2.78. The molecule has 0 saturated carbocycles. The highest BCUT2D eigenvalue weighted by atomic mass is 16.2. The molecule has 1 N–H and O–H groups in total. The van der Waals surface area contributed by atoms with E-state index >= 15 is 0 Å². The minimum Gasteiger partial charge on any atom is -0.343 e. The number of anilines is 1. The molecule has 5 heteroatoms. The summed E-state index contributed by atoms with van der Waals surface area (Å²) in [6.07, 6.45) is 0. The molecule has 0 bridgehead atoms. The molecule has 0 spiro atoms. The van der Waals surface area contributed by atoms with Crippen LogP contribution in [0.15, 0.2) is 23.2 Å². The zero-order valence-corrected chi connectivity index (χ0v) is 13.9. The van der Waals surface area contributed by atoms with Gasteiger partial charge in [-0.3, -0.25) is 15.2 Å². The molecule has 0 fully saturated rings. The molecule has 1 aromatic rings. The Bertz CT molecular complexity index is 501. The number of aliphatic imine (C=N–C) groups is 1. The summed E-state index contributed by atoms with van der Waals surface area (Å²) in [5.41, 5.74) is 3.08. The Hall–Kier alpha value is -2.04. The summed E-state index contributed by atoms with van der Waals surface area (Å²) in [4.78, 5) is 20.3. The minimum atomic E-state index is -0.181. The van der Waals surface area contributed by atoms with E-state index in [1.54, 1.807) is 19.0 Å². The van der Waals surface area contributed by atoms with Crippen LogP contribution in [0.4, 0.5) is 10.5 Å². The molecule has 5 nitrogen and oxygen atoms in total. The maximum absolute atomic E-state index is 12.5. The van der Waals surface area contributed by atoms with Crippen LogP contribution in [0.1, 0.15) is 25.0 Å². The van der Waals surface area contributed by atoms with Crippen LogP contribution >= 0.6 is 0 Å². The van der Waals surface area contributed by atoms with E-state index in [1.807, 2.05) is 50.8 Å². The van der Waals surface area contributed by atoms with Crippen LogP contribution in [-0.4, -0.2) is 44.1 Å². The molecular formula is C16H26N4O. The Morgan fingerprint density at radius 2 is 1.71 bits per heavy atom. The SMILES string of the molecule is CCN(CC)C(=NC)NC(=O)N(C)c1c(C)cccc1C. The highest BCUT2D eigenvalue weighted by Gasteiger charge is 2.18. The Labute approximate surface area is 127 Å². The largest absolute Gasteiger partial charge is 0.343 e. The Balaban J connectivity index is 2.93. The number of rotatable bonds is 3. The molecule has 1 rings (SSSR count). The number of urea groups is 1. The summed E-state index contributed by atoms with van der Waals surface area (Å²) in [5, 5.41) is 2.88. The third-order valence-electron chi connectivity index (χ3n) is 3.57. The van der Waals surface area contributed by atoms with E-state index < -0.39 is 0 Å². The van der Waals surface area contributed by atoms with Gasteiger partial charge in [-0.2, -0.15) is 0 Å². The van der Waals surface area contributed by atoms with Gasteiger partial charge < -0.3 is 4.90 Å². The van der Waals surface area contributed by atoms with Crippen LogP contribution in [0.3, 0.4) is 0 Å². The van der Waals surface area contributed by atoms with Gasteiger partial charge in [0.2, 0.25) is 5.96 Å². The fraction of sp³-hybridized carbons (Fsp3) is 0.500. The number of hydrogen-bond acceptors (Lipinski definition) is 2. The van der Waals surface area contributed by atoms with Crippen molar-refractivity contribution in [1.82, 2.24) is 10.2 Å². The third-order valence-corrected chi connectivity index (χ3v) is 3.57. The Morgan fingerprint density at radius 1 is 1.19 bits per heavy atom. The van der Waals surface area contributed by atoms with Crippen LogP contribution < -0.4 is 10.2 Å². The highest BCUT2D eigenvalue weighted by molar-refractivity contribution is 6.04. The molecule has 0 aromatic heterocycles. The summed E-state index contributed by atoms with van der Waals surface area (Å²) in [5.74, 6) is 0.600. The van der Waals surface area contributed by atoms with Gasteiger partial charge in [-0.1, -0.05) is 18.2 Å².